The van der Waals surface area contributed by atoms with Crippen LogP contribution in [0, 0.1) is 10.1 Å². The zero-order valence-electron chi connectivity index (χ0n) is 16.2. The molecule has 0 aliphatic rings. The molecule has 0 radical (unpaired) electrons. The third-order valence-electron chi connectivity index (χ3n) is 3.74. The van der Waals surface area contributed by atoms with Gasteiger partial charge in [0, 0.05) is 23.6 Å². The van der Waals surface area contributed by atoms with E-state index in [9.17, 15) is 24.5 Å². The molecule has 11 nitrogen and oxygen atoms in total. The Morgan fingerprint density at radius 2 is 2.12 bits per heavy atom. The van der Waals surface area contributed by atoms with Crippen molar-refractivity contribution in [1.82, 2.24) is 10.2 Å². The molecular formula is C18H13ClN4O7S2. The molecule has 0 bridgehead atoms. The van der Waals surface area contributed by atoms with E-state index in [0.717, 1.165) is 24.5 Å². The molecule has 0 aliphatic heterocycles. The summed E-state index contributed by atoms with van der Waals surface area (Å²) in [6, 6.07) is 4.53. The third-order valence-corrected chi connectivity index (χ3v) is 5.97. The summed E-state index contributed by atoms with van der Waals surface area (Å²) in [6.45, 7) is 1.71. The predicted molar refractivity (Wildman–Crippen MR) is 116 cm³/mol. The Morgan fingerprint density at radius 3 is 2.81 bits per heavy atom. The minimum atomic E-state index is -1.12. The molecule has 32 heavy (non-hydrogen) atoms. The molecule has 0 saturated heterocycles. The number of halogens is 1. The van der Waals surface area contributed by atoms with Crippen LogP contribution in [0.5, 0.6) is 5.75 Å². The molecule has 0 saturated carbocycles. The summed E-state index contributed by atoms with van der Waals surface area (Å²) in [5, 5.41) is 21.9. The quantitative estimate of drug-likeness (QED) is 0.159. The molecule has 1 N–H and O–H groups in total. The van der Waals surface area contributed by atoms with Crippen molar-refractivity contribution < 1.29 is 23.7 Å². The van der Waals surface area contributed by atoms with Crippen molar-refractivity contribution in [2.24, 2.45) is 0 Å². The fraction of sp³-hybridized carbons (Fsp3) is 0.167. The first-order valence-electron chi connectivity index (χ1n) is 8.80. The molecule has 1 amide bonds. The van der Waals surface area contributed by atoms with E-state index in [-0.39, 0.29) is 22.4 Å². The number of ether oxygens (including phenoxy) is 1. The van der Waals surface area contributed by atoms with Gasteiger partial charge in [-0.15, -0.1) is 10.2 Å². The summed E-state index contributed by atoms with van der Waals surface area (Å²) in [5.41, 5.74) is -1.56. The van der Waals surface area contributed by atoms with Crippen LogP contribution < -0.4 is 15.5 Å². The van der Waals surface area contributed by atoms with Crippen molar-refractivity contribution in [3.63, 3.8) is 0 Å². The summed E-state index contributed by atoms with van der Waals surface area (Å²) < 4.78 is 10.8. The van der Waals surface area contributed by atoms with Gasteiger partial charge in [-0.2, -0.15) is 0 Å². The number of aromatic nitrogens is 2. The molecule has 0 aliphatic carbocycles. The SMILES string of the molecule is CCC(=O)Nc1nnc(SCc2cc(=O)c(OC(=O)c3cc(Cl)ccc3[N+](=O)[O-])co2)s1. The van der Waals surface area contributed by atoms with Gasteiger partial charge in [0.15, 0.2) is 4.34 Å². The first-order valence-corrected chi connectivity index (χ1v) is 11.0. The number of thioether (sulfide) groups is 1. The normalized spacial score (nSPS) is 10.6. The van der Waals surface area contributed by atoms with Gasteiger partial charge in [0.1, 0.15) is 17.6 Å². The first kappa shape index (κ1) is 23.4. The number of benzene rings is 1. The van der Waals surface area contributed by atoms with Crippen LogP contribution in [0.25, 0.3) is 0 Å². The van der Waals surface area contributed by atoms with Gasteiger partial charge in [0.2, 0.25) is 22.2 Å². The smallest absolute Gasteiger partial charge is 0.350 e. The van der Waals surface area contributed by atoms with Crippen LogP contribution in [-0.4, -0.2) is 27.0 Å². The number of nitrogens with zero attached hydrogens (tertiary/aromatic N) is 3. The topological polar surface area (TPSA) is 155 Å². The van der Waals surface area contributed by atoms with Crippen molar-refractivity contribution in [2.75, 3.05) is 5.32 Å². The largest absolute Gasteiger partial charge is 0.464 e. The van der Waals surface area contributed by atoms with Crippen molar-refractivity contribution >= 4 is 57.4 Å². The number of hydrogen-bond acceptors (Lipinski definition) is 11. The van der Waals surface area contributed by atoms with Crippen LogP contribution in [0.2, 0.25) is 5.02 Å². The Labute approximate surface area is 192 Å². The van der Waals surface area contributed by atoms with Crippen molar-refractivity contribution in [1.29, 1.82) is 0 Å². The second-order valence-electron chi connectivity index (χ2n) is 5.95. The van der Waals surface area contributed by atoms with E-state index < -0.39 is 33.3 Å². The van der Waals surface area contributed by atoms with Crippen LogP contribution in [-0.2, 0) is 10.5 Å². The van der Waals surface area contributed by atoms with Crippen LogP contribution in [0.1, 0.15) is 29.5 Å². The Bertz CT molecular complexity index is 1240. The molecule has 0 fully saturated rings. The number of rotatable bonds is 8. The molecule has 0 unspecified atom stereocenters. The van der Waals surface area contributed by atoms with E-state index in [0.29, 0.717) is 15.9 Å². The van der Waals surface area contributed by atoms with Gasteiger partial charge in [-0.05, 0) is 12.1 Å². The minimum absolute atomic E-state index is 0.0936. The van der Waals surface area contributed by atoms with Gasteiger partial charge < -0.3 is 14.5 Å². The Balaban J connectivity index is 1.66. The zero-order valence-corrected chi connectivity index (χ0v) is 18.6. The molecular weight excluding hydrogens is 484 g/mol. The van der Waals surface area contributed by atoms with Gasteiger partial charge in [-0.3, -0.25) is 19.7 Å². The van der Waals surface area contributed by atoms with Gasteiger partial charge in [-0.25, -0.2) is 4.79 Å². The number of carbonyl (C=O) groups is 2. The fourth-order valence-corrected chi connectivity index (χ4v) is 4.06. The highest BCUT2D eigenvalue weighted by atomic mass is 35.5. The molecule has 0 spiro atoms. The molecule has 14 heteroatoms. The van der Waals surface area contributed by atoms with Crippen LogP contribution >= 0.6 is 34.7 Å². The van der Waals surface area contributed by atoms with E-state index in [1.54, 1.807) is 6.92 Å². The lowest BCUT2D eigenvalue weighted by Gasteiger charge is -2.05. The van der Waals surface area contributed by atoms with Crippen molar-refractivity contribution in [3.8, 4) is 5.75 Å². The van der Waals surface area contributed by atoms with E-state index in [1.807, 2.05) is 0 Å². The maximum atomic E-state index is 12.3. The molecule has 3 rings (SSSR count). The second-order valence-corrected chi connectivity index (χ2v) is 8.58. The number of nitrogens with one attached hydrogen (secondary N) is 1. The van der Waals surface area contributed by atoms with Gasteiger partial charge in [0.05, 0.1) is 10.7 Å². The summed E-state index contributed by atoms with van der Waals surface area (Å²) in [4.78, 5) is 46.3. The van der Waals surface area contributed by atoms with E-state index in [1.165, 1.54) is 29.2 Å². The van der Waals surface area contributed by atoms with E-state index in [4.69, 9.17) is 20.8 Å². The number of esters is 1. The zero-order chi connectivity index (χ0) is 23.3. The number of carbonyl (C=O) groups excluding carboxylic acids is 2. The molecule has 2 aromatic heterocycles. The summed E-state index contributed by atoms with van der Waals surface area (Å²) >= 11 is 8.19. The van der Waals surface area contributed by atoms with Gasteiger partial charge in [0.25, 0.3) is 5.69 Å². The summed E-state index contributed by atoms with van der Waals surface area (Å²) in [5.74, 6) is -1.25. The maximum absolute atomic E-state index is 12.3. The van der Waals surface area contributed by atoms with Crippen LogP contribution in [0.15, 0.2) is 44.1 Å². The average Bonchev–Trinajstić information content (AvgIpc) is 3.20. The average molecular weight is 497 g/mol. The molecule has 3 aromatic rings. The van der Waals surface area contributed by atoms with E-state index >= 15 is 0 Å². The monoisotopic (exact) mass is 496 g/mol. The lowest BCUT2D eigenvalue weighted by atomic mass is 10.2. The highest BCUT2D eigenvalue weighted by Gasteiger charge is 2.23. The Kier molecular flexibility index (Phi) is 7.56. The fourth-order valence-electron chi connectivity index (χ4n) is 2.23. The van der Waals surface area contributed by atoms with Crippen molar-refractivity contribution in [3.05, 3.63) is 67.2 Å². The summed E-state index contributed by atoms with van der Waals surface area (Å²) in [6.07, 6.45) is 1.26. The maximum Gasteiger partial charge on any atom is 0.350 e. The first-order chi connectivity index (χ1) is 15.3. The van der Waals surface area contributed by atoms with Crippen molar-refractivity contribution in [2.45, 2.75) is 23.4 Å². The van der Waals surface area contributed by atoms with Crippen LogP contribution in [0.3, 0.4) is 0 Å². The van der Waals surface area contributed by atoms with Crippen LogP contribution in [0.4, 0.5) is 10.8 Å². The number of amides is 1. The predicted octanol–water partition coefficient (Wildman–Crippen LogP) is 3.91. The number of nitro groups is 1. The lowest BCUT2D eigenvalue weighted by molar-refractivity contribution is -0.385. The van der Waals surface area contributed by atoms with E-state index in [2.05, 4.69) is 15.5 Å². The van der Waals surface area contributed by atoms with Gasteiger partial charge in [-0.1, -0.05) is 41.6 Å². The third kappa shape index (κ3) is 5.90. The highest BCUT2D eigenvalue weighted by Crippen LogP contribution is 2.28. The standard InChI is InChI=1S/C18H13ClN4O7S2/c1-2-15(25)20-17-21-22-18(32-17)31-8-10-6-13(24)14(7-29-10)30-16(26)11-5-9(19)3-4-12(11)23(27)28/h3-7H,2,8H2,1H3,(H,20,21,25). The minimum Gasteiger partial charge on any atom is -0.464 e. The molecule has 1 aromatic carbocycles. The molecule has 166 valence electrons. The molecule has 0 atom stereocenters. The molecule has 2 heterocycles. The second kappa shape index (κ2) is 10.3. The van der Waals surface area contributed by atoms with Gasteiger partial charge >= 0.3 is 5.97 Å². The Morgan fingerprint density at radius 1 is 1.34 bits per heavy atom. The number of hydrogen-bond donors (Lipinski definition) is 1. The Hall–Kier alpha value is -3.29. The number of nitro benzene ring substituents is 1. The number of anilines is 1. The summed E-state index contributed by atoms with van der Waals surface area (Å²) in [7, 11) is 0. The lowest BCUT2D eigenvalue weighted by Crippen LogP contribution is -2.16. The highest BCUT2D eigenvalue weighted by molar-refractivity contribution is 8.00.